The van der Waals surface area contributed by atoms with Gasteiger partial charge in [0.25, 0.3) is 0 Å². The fraction of sp³-hybridized carbons (Fsp3) is 0.583. The van der Waals surface area contributed by atoms with Crippen molar-refractivity contribution in [1.82, 2.24) is 24.9 Å². The lowest BCUT2D eigenvalue weighted by atomic mass is 10.1. The number of urea groups is 2. The molecule has 0 radical (unpaired) electrons. The van der Waals surface area contributed by atoms with Crippen molar-refractivity contribution in [2.75, 3.05) is 63.8 Å². The van der Waals surface area contributed by atoms with Gasteiger partial charge in [0.05, 0.1) is 17.9 Å². The van der Waals surface area contributed by atoms with E-state index in [1.54, 1.807) is 39.0 Å². The number of unbranched alkanes of at least 4 members (excludes halogenated alkanes) is 4. The molecule has 1 fully saturated rings. The largest absolute Gasteiger partial charge is 0.508 e. The Morgan fingerprint density at radius 2 is 1.37 bits per heavy atom. The van der Waals surface area contributed by atoms with Crippen LogP contribution in [0, 0.1) is 0 Å². The van der Waals surface area contributed by atoms with Gasteiger partial charge >= 0.3 is 12.1 Å². The molecule has 254 valence electrons. The van der Waals surface area contributed by atoms with Crippen LogP contribution in [-0.4, -0.2) is 108 Å². The number of carbonyl (C=O) groups is 3. The van der Waals surface area contributed by atoms with Gasteiger partial charge in [-0.25, -0.2) is 9.59 Å². The average Bonchev–Trinajstić information content (AvgIpc) is 3.08. The Bertz CT molecular complexity index is 1180. The van der Waals surface area contributed by atoms with Crippen molar-refractivity contribution in [3.05, 3.63) is 54.6 Å². The predicted octanol–water partition coefficient (Wildman–Crippen LogP) is 6.29. The Kier molecular flexibility index (Phi) is 15.7. The minimum atomic E-state index is -0.852. The Labute approximate surface area is 276 Å². The molecular formula is C36H56N6O4. The second-order valence-electron chi connectivity index (χ2n) is 12.0. The highest BCUT2D eigenvalue weighted by Crippen LogP contribution is 2.29. The van der Waals surface area contributed by atoms with Gasteiger partial charge in [0.2, 0.25) is 5.91 Å². The smallest absolute Gasteiger partial charge is 0.329 e. The molecule has 0 bridgehead atoms. The first-order valence-corrected chi connectivity index (χ1v) is 17.3. The van der Waals surface area contributed by atoms with E-state index in [1.165, 1.54) is 0 Å². The molecule has 1 saturated heterocycles. The third-order valence-corrected chi connectivity index (χ3v) is 8.69. The van der Waals surface area contributed by atoms with Crippen LogP contribution in [0.5, 0.6) is 5.75 Å². The summed E-state index contributed by atoms with van der Waals surface area (Å²) < 4.78 is 0. The molecule has 2 aromatic carbocycles. The van der Waals surface area contributed by atoms with Crippen molar-refractivity contribution >= 4 is 29.3 Å². The number of benzene rings is 2. The van der Waals surface area contributed by atoms with Crippen molar-refractivity contribution in [2.24, 2.45) is 0 Å². The van der Waals surface area contributed by atoms with Crippen LogP contribution in [0.1, 0.15) is 72.6 Å². The number of rotatable bonds is 17. The van der Waals surface area contributed by atoms with Crippen LogP contribution >= 0.6 is 0 Å². The molecule has 3 rings (SSSR count). The average molecular weight is 637 g/mol. The summed E-state index contributed by atoms with van der Waals surface area (Å²) in [4.78, 5) is 51.4. The van der Waals surface area contributed by atoms with Crippen LogP contribution < -0.4 is 10.2 Å². The normalized spacial score (nSPS) is 14.8. The number of hydrogen-bond donors (Lipinski definition) is 2. The van der Waals surface area contributed by atoms with E-state index in [0.717, 1.165) is 64.6 Å². The van der Waals surface area contributed by atoms with Gasteiger partial charge in [0, 0.05) is 32.7 Å². The molecule has 1 atom stereocenters. The van der Waals surface area contributed by atoms with E-state index in [2.05, 4.69) is 37.9 Å². The first-order chi connectivity index (χ1) is 22.3. The van der Waals surface area contributed by atoms with E-state index in [-0.39, 0.29) is 36.8 Å². The number of hydrogen-bond acceptors (Lipinski definition) is 5. The number of nitrogens with zero attached hydrogens (tertiary/aromatic N) is 5. The van der Waals surface area contributed by atoms with Crippen LogP contribution in [-0.2, 0) is 4.79 Å². The maximum atomic E-state index is 14.4. The first kappa shape index (κ1) is 36.7. The summed E-state index contributed by atoms with van der Waals surface area (Å²) in [5.74, 6) is -0.159. The highest BCUT2D eigenvalue weighted by atomic mass is 16.3. The monoisotopic (exact) mass is 636 g/mol. The van der Waals surface area contributed by atoms with Crippen molar-refractivity contribution in [1.29, 1.82) is 0 Å². The molecule has 1 aliphatic rings. The van der Waals surface area contributed by atoms with Crippen molar-refractivity contribution < 1.29 is 19.5 Å². The van der Waals surface area contributed by atoms with Crippen LogP contribution in [0.15, 0.2) is 54.6 Å². The molecule has 5 amide bonds. The number of piperazine rings is 1. The highest BCUT2D eigenvalue weighted by Gasteiger charge is 2.40. The fourth-order valence-electron chi connectivity index (χ4n) is 5.87. The van der Waals surface area contributed by atoms with Gasteiger partial charge in [-0.1, -0.05) is 71.6 Å². The summed E-state index contributed by atoms with van der Waals surface area (Å²) in [7, 11) is 0. The predicted molar refractivity (Wildman–Crippen MR) is 186 cm³/mol. The Morgan fingerprint density at radius 3 is 1.96 bits per heavy atom. The zero-order valence-electron chi connectivity index (χ0n) is 28.5. The molecule has 0 saturated carbocycles. The first-order valence-electron chi connectivity index (χ1n) is 17.3. The Hall–Kier alpha value is -3.79. The number of aromatic hydroxyl groups is 1. The number of carbonyl (C=O) groups excluding carboxylic acids is 3. The van der Waals surface area contributed by atoms with E-state index in [4.69, 9.17) is 0 Å². The van der Waals surface area contributed by atoms with Gasteiger partial charge < -0.3 is 30.0 Å². The van der Waals surface area contributed by atoms with Gasteiger partial charge in [0.15, 0.2) is 0 Å². The standard InChI is InChI=1S/C36H56N6O4/c1-5-9-14-25-39(26-15-10-6-2)35(45)40-27-28-41(33(29-40)34(44)37-23-16-24-38(7-3)8-4)36(46)42(30-17-12-11-13-18-30)31-19-21-32(43)22-20-31/h11-13,17-22,33,43H,5-10,14-16,23-29H2,1-4H3,(H,37,44). The van der Waals surface area contributed by atoms with Crippen molar-refractivity contribution in [2.45, 2.75) is 78.7 Å². The van der Waals surface area contributed by atoms with Crippen molar-refractivity contribution in [3.63, 3.8) is 0 Å². The summed E-state index contributed by atoms with van der Waals surface area (Å²) in [5, 5.41) is 13.0. The molecule has 10 heteroatoms. The number of amides is 5. The zero-order valence-corrected chi connectivity index (χ0v) is 28.5. The molecule has 46 heavy (non-hydrogen) atoms. The SMILES string of the molecule is CCCCCN(CCCCC)C(=O)N1CCN(C(=O)N(c2ccccc2)c2ccc(O)cc2)C(C(=O)NCCCN(CC)CC)C1. The lowest BCUT2D eigenvalue weighted by molar-refractivity contribution is -0.127. The maximum absolute atomic E-state index is 14.4. The van der Waals surface area contributed by atoms with E-state index < -0.39 is 6.04 Å². The summed E-state index contributed by atoms with van der Waals surface area (Å²) in [6.07, 6.45) is 6.96. The van der Waals surface area contributed by atoms with Crippen LogP contribution in [0.4, 0.5) is 21.0 Å². The lowest BCUT2D eigenvalue weighted by Crippen LogP contribution is -2.64. The van der Waals surface area contributed by atoms with Gasteiger partial charge in [0.1, 0.15) is 11.8 Å². The number of phenolic OH excluding ortho intramolecular Hbond substituents is 1. The van der Waals surface area contributed by atoms with E-state index in [0.29, 0.717) is 37.6 Å². The summed E-state index contributed by atoms with van der Waals surface area (Å²) in [5.41, 5.74) is 1.22. The molecule has 0 spiro atoms. The summed E-state index contributed by atoms with van der Waals surface area (Å²) in [6.45, 7) is 13.9. The third-order valence-electron chi connectivity index (χ3n) is 8.69. The number of para-hydroxylation sites is 1. The van der Waals surface area contributed by atoms with Gasteiger partial charge in [-0.15, -0.1) is 0 Å². The van der Waals surface area contributed by atoms with Crippen LogP contribution in [0.25, 0.3) is 0 Å². The summed E-state index contributed by atoms with van der Waals surface area (Å²) >= 11 is 0. The topological polar surface area (TPSA) is 99.7 Å². The maximum Gasteiger partial charge on any atom is 0.329 e. The van der Waals surface area contributed by atoms with Crippen LogP contribution in [0.2, 0.25) is 0 Å². The minimum absolute atomic E-state index is 0.0583. The quantitative estimate of drug-likeness (QED) is 0.199. The molecule has 2 N–H and O–H groups in total. The van der Waals surface area contributed by atoms with Gasteiger partial charge in [-0.2, -0.15) is 0 Å². The molecule has 1 heterocycles. The fourth-order valence-corrected chi connectivity index (χ4v) is 5.87. The summed E-state index contributed by atoms with van der Waals surface area (Å²) in [6, 6.07) is 14.5. The molecular weight excluding hydrogens is 580 g/mol. The zero-order chi connectivity index (χ0) is 33.3. The highest BCUT2D eigenvalue weighted by molar-refractivity contribution is 6.01. The lowest BCUT2D eigenvalue weighted by Gasteiger charge is -2.43. The molecule has 10 nitrogen and oxygen atoms in total. The van der Waals surface area contributed by atoms with Gasteiger partial charge in [-0.05, 0) is 75.3 Å². The second-order valence-corrected chi connectivity index (χ2v) is 12.0. The number of phenols is 1. The molecule has 1 unspecified atom stereocenters. The van der Waals surface area contributed by atoms with Gasteiger partial charge in [-0.3, -0.25) is 9.69 Å². The number of anilines is 2. The minimum Gasteiger partial charge on any atom is -0.508 e. The Morgan fingerprint density at radius 1 is 0.761 bits per heavy atom. The molecule has 1 aliphatic heterocycles. The number of nitrogens with one attached hydrogen (secondary N) is 1. The molecule has 0 aliphatic carbocycles. The second kappa shape index (κ2) is 19.7. The van der Waals surface area contributed by atoms with Crippen LogP contribution in [0.3, 0.4) is 0 Å². The van der Waals surface area contributed by atoms with Crippen molar-refractivity contribution in [3.8, 4) is 5.75 Å². The third kappa shape index (κ3) is 10.6. The molecule has 2 aromatic rings. The van der Waals surface area contributed by atoms with E-state index in [1.807, 2.05) is 35.2 Å². The van der Waals surface area contributed by atoms with E-state index in [9.17, 15) is 19.5 Å². The Balaban J connectivity index is 1.87. The molecule has 0 aromatic heterocycles. The van der Waals surface area contributed by atoms with E-state index >= 15 is 0 Å².